The summed E-state index contributed by atoms with van der Waals surface area (Å²) >= 11 is 0. The van der Waals surface area contributed by atoms with Crippen LogP contribution in [0.15, 0.2) is 60.7 Å². The number of halogens is 5. The number of benzene rings is 3. The van der Waals surface area contributed by atoms with Crippen molar-refractivity contribution in [1.29, 1.82) is 0 Å². The van der Waals surface area contributed by atoms with Gasteiger partial charge in [0.1, 0.15) is 17.4 Å². The van der Waals surface area contributed by atoms with Crippen molar-refractivity contribution in [2.24, 2.45) is 5.92 Å². The van der Waals surface area contributed by atoms with Crippen molar-refractivity contribution in [2.75, 3.05) is 0 Å². The minimum absolute atomic E-state index is 0.0559. The summed E-state index contributed by atoms with van der Waals surface area (Å²) in [4.78, 5) is 12.4. The fraction of sp³-hybridized carbons (Fsp3) is 0.269. The molecule has 1 atom stereocenters. The number of carbonyl (C=O) groups excluding carboxylic acids is 1. The molecule has 0 saturated heterocycles. The molecule has 3 rings (SSSR count). The molecule has 6 heteroatoms. The minimum Gasteiger partial charge on any atom is -0.299 e. The Morgan fingerprint density at radius 2 is 1.28 bits per heavy atom. The van der Waals surface area contributed by atoms with Crippen LogP contribution < -0.4 is 0 Å². The third-order valence-electron chi connectivity index (χ3n) is 5.30. The molecule has 168 valence electrons. The van der Waals surface area contributed by atoms with Crippen LogP contribution in [-0.2, 0) is 11.0 Å². The van der Waals surface area contributed by atoms with Crippen LogP contribution in [0, 0.1) is 17.6 Å². The molecule has 0 amide bonds. The molecule has 0 unspecified atom stereocenters. The van der Waals surface area contributed by atoms with E-state index in [1.54, 1.807) is 18.2 Å². The highest BCUT2D eigenvalue weighted by atomic mass is 19.4. The quantitative estimate of drug-likeness (QED) is 0.350. The summed E-state index contributed by atoms with van der Waals surface area (Å²) < 4.78 is 66.6. The smallest absolute Gasteiger partial charge is 0.299 e. The lowest BCUT2D eigenvalue weighted by molar-refractivity contribution is -0.137. The van der Waals surface area contributed by atoms with Gasteiger partial charge in [-0.25, -0.2) is 8.78 Å². The number of hydrogen-bond acceptors (Lipinski definition) is 1. The number of hydrogen-bond donors (Lipinski definition) is 0. The molecule has 0 aliphatic carbocycles. The van der Waals surface area contributed by atoms with Gasteiger partial charge in [-0.15, -0.1) is 0 Å². The van der Waals surface area contributed by atoms with Gasteiger partial charge >= 0.3 is 6.18 Å². The van der Waals surface area contributed by atoms with Gasteiger partial charge in [0.05, 0.1) is 5.56 Å². The van der Waals surface area contributed by atoms with E-state index < -0.39 is 29.3 Å². The summed E-state index contributed by atoms with van der Waals surface area (Å²) in [5, 5.41) is 0. The van der Waals surface area contributed by atoms with Gasteiger partial charge in [0.2, 0.25) is 0 Å². The van der Waals surface area contributed by atoms with Crippen molar-refractivity contribution in [1.82, 2.24) is 0 Å². The predicted molar refractivity (Wildman–Crippen MR) is 115 cm³/mol. The normalized spacial score (nSPS) is 12.8. The van der Waals surface area contributed by atoms with Crippen LogP contribution in [0.1, 0.15) is 44.2 Å². The number of rotatable bonds is 6. The SMILES string of the molecule is CC(=O)[C@H](CC(C)C)c1cc(-c2ccc(C(F)(F)F)cc2)cc(-c2cc(F)cc(F)c2)c1. The van der Waals surface area contributed by atoms with Gasteiger partial charge in [0, 0.05) is 12.0 Å². The number of carbonyl (C=O) groups is 1. The Hall–Kier alpha value is -3.02. The van der Waals surface area contributed by atoms with Crippen molar-refractivity contribution >= 4 is 5.78 Å². The van der Waals surface area contributed by atoms with Crippen LogP contribution >= 0.6 is 0 Å². The van der Waals surface area contributed by atoms with Crippen LogP contribution in [-0.4, -0.2) is 5.78 Å². The second-order valence-corrected chi connectivity index (χ2v) is 8.37. The molecule has 32 heavy (non-hydrogen) atoms. The Bertz CT molecular complexity index is 1090. The molecule has 0 saturated carbocycles. The highest BCUT2D eigenvalue weighted by Gasteiger charge is 2.30. The van der Waals surface area contributed by atoms with Gasteiger partial charge in [0.15, 0.2) is 0 Å². The monoisotopic (exact) mass is 446 g/mol. The van der Waals surface area contributed by atoms with Gasteiger partial charge in [0.25, 0.3) is 0 Å². The summed E-state index contributed by atoms with van der Waals surface area (Å²) in [5.74, 6) is -1.77. The maximum Gasteiger partial charge on any atom is 0.416 e. The first-order valence-electron chi connectivity index (χ1n) is 10.2. The molecule has 0 aliphatic heterocycles. The minimum atomic E-state index is -4.46. The zero-order chi connectivity index (χ0) is 23.6. The lowest BCUT2D eigenvalue weighted by Crippen LogP contribution is -2.12. The average Bonchev–Trinajstić information content (AvgIpc) is 2.70. The standard InChI is InChI=1S/C26H23F5O/c1-15(2)8-25(16(3)32)21-10-18(17-4-6-22(7-5-17)26(29,30)31)9-19(11-21)20-12-23(27)14-24(28)13-20/h4-7,9-15,25H,8H2,1-3H3/t25-/m0/s1. The van der Waals surface area contributed by atoms with Crippen molar-refractivity contribution < 1.29 is 26.7 Å². The Kier molecular flexibility index (Phi) is 6.82. The predicted octanol–water partition coefficient (Wildman–Crippen LogP) is 8.04. The Morgan fingerprint density at radius 1 is 0.781 bits per heavy atom. The first-order valence-corrected chi connectivity index (χ1v) is 10.2. The zero-order valence-electron chi connectivity index (χ0n) is 17.9. The van der Waals surface area contributed by atoms with E-state index in [1.165, 1.54) is 31.2 Å². The van der Waals surface area contributed by atoms with Crippen LogP contribution in [0.4, 0.5) is 22.0 Å². The molecule has 0 fully saturated rings. The maximum atomic E-state index is 13.9. The molecule has 3 aromatic carbocycles. The first-order chi connectivity index (χ1) is 14.9. The molecule has 1 nitrogen and oxygen atoms in total. The van der Waals surface area contributed by atoms with Gasteiger partial charge in [-0.05, 0) is 77.4 Å². The Labute approximate surface area is 183 Å². The second-order valence-electron chi connectivity index (χ2n) is 8.37. The summed E-state index contributed by atoms with van der Waals surface area (Å²) in [6.45, 7) is 5.45. The molecule has 0 heterocycles. The van der Waals surface area contributed by atoms with Crippen molar-refractivity contribution in [3.63, 3.8) is 0 Å². The molecule has 0 radical (unpaired) electrons. The average molecular weight is 446 g/mol. The summed E-state index contributed by atoms with van der Waals surface area (Å²) in [6, 6.07) is 12.9. The van der Waals surface area contributed by atoms with Crippen LogP contribution in [0.3, 0.4) is 0 Å². The summed E-state index contributed by atoms with van der Waals surface area (Å²) in [7, 11) is 0. The third-order valence-corrected chi connectivity index (χ3v) is 5.30. The van der Waals surface area contributed by atoms with Crippen molar-refractivity contribution in [3.05, 3.63) is 83.4 Å². The highest BCUT2D eigenvalue weighted by Crippen LogP contribution is 2.36. The van der Waals surface area contributed by atoms with E-state index in [9.17, 15) is 26.7 Å². The van der Waals surface area contributed by atoms with Gasteiger partial charge in [-0.3, -0.25) is 4.79 Å². The van der Waals surface area contributed by atoms with E-state index in [2.05, 4.69) is 0 Å². The Morgan fingerprint density at radius 3 is 1.75 bits per heavy atom. The van der Waals surface area contributed by atoms with Crippen molar-refractivity contribution in [2.45, 2.75) is 39.3 Å². The lowest BCUT2D eigenvalue weighted by atomic mass is 9.84. The van der Waals surface area contributed by atoms with E-state index in [-0.39, 0.29) is 17.3 Å². The van der Waals surface area contributed by atoms with E-state index in [4.69, 9.17) is 0 Å². The Balaban J connectivity index is 2.19. The number of Topliss-reactive ketones (excluding diaryl/α,β-unsaturated/α-hetero) is 1. The first kappa shape index (κ1) is 23.6. The fourth-order valence-corrected chi connectivity index (χ4v) is 3.77. The molecule has 0 spiro atoms. The zero-order valence-corrected chi connectivity index (χ0v) is 17.9. The maximum absolute atomic E-state index is 13.9. The molecule has 0 aliphatic rings. The van der Waals surface area contributed by atoms with E-state index in [0.717, 1.165) is 18.2 Å². The molecular weight excluding hydrogens is 423 g/mol. The van der Waals surface area contributed by atoms with E-state index in [0.29, 0.717) is 28.7 Å². The molecule has 3 aromatic rings. The molecule has 0 bridgehead atoms. The lowest BCUT2D eigenvalue weighted by Gasteiger charge is -2.19. The van der Waals surface area contributed by atoms with Crippen LogP contribution in [0.25, 0.3) is 22.3 Å². The third kappa shape index (κ3) is 5.61. The van der Waals surface area contributed by atoms with Crippen molar-refractivity contribution in [3.8, 4) is 22.3 Å². The summed E-state index contributed by atoms with van der Waals surface area (Å²) in [5.41, 5.74) is 1.71. The molecular formula is C26H23F5O. The van der Waals surface area contributed by atoms with E-state index in [1.807, 2.05) is 13.8 Å². The summed E-state index contributed by atoms with van der Waals surface area (Å²) in [6.07, 6.45) is -3.88. The second kappa shape index (κ2) is 9.23. The fourth-order valence-electron chi connectivity index (χ4n) is 3.77. The highest BCUT2D eigenvalue weighted by molar-refractivity contribution is 5.85. The van der Waals surface area contributed by atoms with Gasteiger partial charge in [-0.2, -0.15) is 13.2 Å². The number of ketones is 1. The van der Waals surface area contributed by atoms with Crippen LogP contribution in [0.5, 0.6) is 0 Å². The van der Waals surface area contributed by atoms with Crippen LogP contribution in [0.2, 0.25) is 0 Å². The van der Waals surface area contributed by atoms with Gasteiger partial charge in [-0.1, -0.05) is 38.1 Å². The topological polar surface area (TPSA) is 17.1 Å². The molecule has 0 N–H and O–H groups in total. The largest absolute Gasteiger partial charge is 0.416 e. The number of alkyl halides is 3. The van der Waals surface area contributed by atoms with Gasteiger partial charge < -0.3 is 0 Å². The molecule has 0 aromatic heterocycles. The van der Waals surface area contributed by atoms with E-state index >= 15 is 0 Å².